The minimum atomic E-state index is -0.924. The molecular formula is C13H13N3O2. The van der Waals surface area contributed by atoms with Crippen LogP contribution in [0.2, 0.25) is 0 Å². The Morgan fingerprint density at radius 2 is 2.00 bits per heavy atom. The van der Waals surface area contributed by atoms with Gasteiger partial charge in [-0.1, -0.05) is 12.1 Å². The zero-order valence-corrected chi connectivity index (χ0v) is 9.68. The Labute approximate surface area is 104 Å². The van der Waals surface area contributed by atoms with Crippen LogP contribution in [0.3, 0.4) is 0 Å². The number of fused-ring (bicyclic) bond motifs is 1. The van der Waals surface area contributed by atoms with E-state index in [9.17, 15) is 4.79 Å². The third kappa shape index (κ3) is 1.83. The van der Waals surface area contributed by atoms with E-state index in [1.54, 1.807) is 12.1 Å². The average molecular weight is 243 g/mol. The molecule has 0 saturated carbocycles. The number of hydrogen-bond donors (Lipinski definition) is 3. The third-order valence-corrected chi connectivity index (χ3v) is 3.10. The van der Waals surface area contributed by atoms with Gasteiger partial charge in [0.2, 0.25) is 0 Å². The second-order valence-electron chi connectivity index (χ2n) is 4.25. The number of benzene rings is 1. The summed E-state index contributed by atoms with van der Waals surface area (Å²) in [4.78, 5) is 15.6. The van der Waals surface area contributed by atoms with Crippen molar-refractivity contribution in [2.24, 2.45) is 0 Å². The van der Waals surface area contributed by atoms with Gasteiger partial charge in [-0.2, -0.15) is 0 Å². The Morgan fingerprint density at radius 3 is 2.72 bits per heavy atom. The molecule has 1 aromatic heterocycles. The molecule has 92 valence electrons. The molecule has 0 amide bonds. The molecule has 0 unspecified atom stereocenters. The fourth-order valence-electron chi connectivity index (χ4n) is 2.23. The van der Waals surface area contributed by atoms with E-state index >= 15 is 0 Å². The van der Waals surface area contributed by atoms with E-state index in [0.717, 1.165) is 18.8 Å². The van der Waals surface area contributed by atoms with Crippen molar-refractivity contribution in [1.29, 1.82) is 0 Å². The van der Waals surface area contributed by atoms with E-state index in [2.05, 4.69) is 15.6 Å². The monoisotopic (exact) mass is 243 g/mol. The summed E-state index contributed by atoms with van der Waals surface area (Å²) in [5.74, 6) is -0.924. The van der Waals surface area contributed by atoms with Crippen LogP contribution in [-0.4, -0.2) is 29.1 Å². The second kappa shape index (κ2) is 4.36. The molecule has 5 heteroatoms. The van der Waals surface area contributed by atoms with Crippen molar-refractivity contribution in [1.82, 2.24) is 15.6 Å². The largest absolute Gasteiger partial charge is 0.478 e. The lowest BCUT2D eigenvalue weighted by Gasteiger charge is -2.11. The van der Waals surface area contributed by atoms with Crippen LogP contribution in [0.5, 0.6) is 0 Å². The number of nitrogens with zero attached hydrogens (tertiary/aromatic N) is 1. The highest BCUT2D eigenvalue weighted by atomic mass is 16.4. The van der Waals surface area contributed by atoms with Crippen LogP contribution in [0.25, 0.3) is 10.9 Å². The Morgan fingerprint density at radius 1 is 1.22 bits per heavy atom. The number of hydrogen-bond acceptors (Lipinski definition) is 4. The zero-order chi connectivity index (χ0) is 12.5. The fourth-order valence-corrected chi connectivity index (χ4v) is 2.23. The van der Waals surface area contributed by atoms with Gasteiger partial charge in [-0.25, -0.2) is 9.78 Å². The number of carboxylic acids is 1. The maximum absolute atomic E-state index is 11.1. The van der Waals surface area contributed by atoms with Crippen LogP contribution >= 0.6 is 0 Å². The quantitative estimate of drug-likeness (QED) is 0.737. The van der Waals surface area contributed by atoms with Gasteiger partial charge in [-0.05, 0) is 18.2 Å². The molecule has 0 spiro atoms. The lowest BCUT2D eigenvalue weighted by Crippen LogP contribution is -2.22. The number of aromatic nitrogens is 1. The first-order chi connectivity index (χ1) is 8.75. The number of carbonyl (C=O) groups is 1. The van der Waals surface area contributed by atoms with Gasteiger partial charge >= 0.3 is 5.97 Å². The summed E-state index contributed by atoms with van der Waals surface area (Å²) in [5.41, 5.74) is 1.89. The molecule has 2 heterocycles. The van der Waals surface area contributed by atoms with E-state index in [1.807, 2.05) is 18.2 Å². The lowest BCUT2D eigenvalue weighted by atomic mass is 10.1. The number of carboxylic acid groups (broad SMARTS) is 1. The highest BCUT2D eigenvalue weighted by Gasteiger charge is 2.17. The Kier molecular flexibility index (Phi) is 2.70. The number of rotatable bonds is 2. The topological polar surface area (TPSA) is 74.2 Å². The van der Waals surface area contributed by atoms with Crippen LogP contribution in [0.1, 0.15) is 22.2 Å². The first-order valence-electron chi connectivity index (χ1n) is 5.85. The van der Waals surface area contributed by atoms with Gasteiger partial charge in [0.05, 0.1) is 16.8 Å². The van der Waals surface area contributed by atoms with Crippen molar-refractivity contribution in [2.75, 3.05) is 13.1 Å². The van der Waals surface area contributed by atoms with Crippen LogP contribution in [0.4, 0.5) is 0 Å². The maximum atomic E-state index is 11.1. The Balaban J connectivity index is 2.10. The summed E-state index contributed by atoms with van der Waals surface area (Å²) in [6.07, 6.45) is 0.0582. The van der Waals surface area contributed by atoms with E-state index in [-0.39, 0.29) is 6.17 Å². The number of pyridine rings is 1. The van der Waals surface area contributed by atoms with Crippen LogP contribution < -0.4 is 10.6 Å². The molecule has 1 aliphatic heterocycles. The summed E-state index contributed by atoms with van der Waals surface area (Å²) in [5, 5.41) is 16.4. The van der Waals surface area contributed by atoms with E-state index in [1.165, 1.54) is 0 Å². The summed E-state index contributed by atoms with van der Waals surface area (Å²) < 4.78 is 0. The van der Waals surface area contributed by atoms with Crippen molar-refractivity contribution in [3.63, 3.8) is 0 Å². The molecule has 5 nitrogen and oxygen atoms in total. The van der Waals surface area contributed by atoms with Gasteiger partial charge in [0, 0.05) is 18.5 Å². The Bertz CT molecular complexity index is 606. The molecule has 18 heavy (non-hydrogen) atoms. The molecule has 3 N–H and O–H groups in total. The zero-order valence-electron chi connectivity index (χ0n) is 9.68. The molecule has 1 aromatic carbocycles. The smallest absolute Gasteiger partial charge is 0.336 e. The lowest BCUT2D eigenvalue weighted by molar-refractivity contribution is 0.0699. The van der Waals surface area contributed by atoms with Crippen LogP contribution in [0.15, 0.2) is 30.3 Å². The second-order valence-corrected chi connectivity index (χ2v) is 4.25. The van der Waals surface area contributed by atoms with Crippen molar-refractivity contribution in [3.05, 3.63) is 41.6 Å². The predicted octanol–water partition coefficient (Wildman–Crippen LogP) is 1.12. The molecule has 1 fully saturated rings. The normalized spacial score (nSPS) is 16.2. The molecule has 0 bridgehead atoms. The molecule has 0 aliphatic carbocycles. The number of aromatic carboxylic acids is 1. The maximum Gasteiger partial charge on any atom is 0.336 e. The van der Waals surface area contributed by atoms with Gasteiger partial charge in [-0.3, -0.25) is 10.6 Å². The molecule has 2 aromatic rings. The number of nitrogens with one attached hydrogen (secondary N) is 2. The van der Waals surface area contributed by atoms with Crippen molar-refractivity contribution in [3.8, 4) is 0 Å². The summed E-state index contributed by atoms with van der Waals surface area (Å²) in [7, 11) is 0. The van der Waals surface area contributed by atoms with Crippen molar-refractivity contribution in [2.45, 2.75) is 6.17 Å². The highest BCUT2D eigenvalue weighted by Crippen LogP contribution is 2.20. The van der Waals surface area contributed by atoms with E-state index in [4.69, 9.17) is 5.11 Å². The molecule has 1 saturated heterocycles. The van der Waals surface area contributed by atoms with Gasteiger partial charge in [-0.15, -0.1) is 0 Å². The summed E-state index contributed by atoms with van der Waals surface area (Å²) in [6.45, 7) is 1.83. The predicted molar refractivity (Wildman–Crippen MR) is 67.4 cm³/mol. The van der Waals surface area contributed by atoms with Crippen molar-refractivity contribution >= 4 is 16.9 Å². The van der Waals surface area contributed by atoms with Crippen LogP contribution in [-0.2, 0) is 0 Å². The molecule has 3 rings (SSSR count). The van der Waals surface area contributed by atoms with Gasteiger partial charge in [0.15, 0.2) is 0 Å². The van der Waals surface area contributed by atoms with Crippen molar-refractivity contribution < 1.29 is 9.90 Å². The van der Waals surface area contributed by atoms with Gasteiger partial charge in [0.1, 0.15) is 6.17 Å². The molecule has 0 atom stereocenters. The molecule has 1 aliphatic rings. The highest BCUT2D eigenvalue weighted by molar-refractivity contribution is 6.02. The molecular weight excluding hydrogens is 230 g/mol. The van der Waals surface area contributed by atoms with Crippen LogP contribution in [0, 0.1) is 0 Å². The van der Waals surface area contributed by atoms with E-state index < -0.39 is 5.97 Å². The third-order valence-electron chi connectivity index (χ3n) is 3.10. The SMILES string of the molecule is O=C(O)c1cccc2nc(C3NCCN3)ccc12. The fraction of sp³-hybridized carbons (Fsp3) is 0.231. The van der Waals surface area contributed by atoms with Gasteiger partial charge in [0.25, 0.3) is 0 Å². The standard InChI is InChI=1S/C13H13N3O2/c17-13(18)9-2-1-3-10-8(9)4-5-11(16-10)12-14-6-7-15-12/h1-5,12,14-15H,6-7H2,(H,17,18). The summed E-state index contributed by atoms with van der Waals surface area (Å²) >= 11 is 0. The first kappa shape index (κ1) is 11.1. The summed E-state index contributed by atoms with van der Waals surface area (Å²) in [6, 6.07) is 8.84. The Hall–Kier alpha value is -1.98. The first-order valence-corrected chi connectivity index (χ1v) is 5.85. The van der Waals surface area contributed by atoms with E-state index in [0.29, 0.717) is 16.5 Å². The molecule has 0 radical (unpaired) electrons. The minimum absolute atomic E-state index is 0.0582. The minimum Gasteiger partial charge on any atom is -0.478 e. The average Bonchev–Trinajstić information content (AvgIpc) is 2.91. The van der Waals surface area contributed by atoms with Gasteiger partial charge < -0.3 is 5.11 Å².